The number of hydrogen-bond donors (Lipinski definition) is 1. The maximum Gasteiger partial charge on any atom is 0.131 e. The van der Waals surface area contributed by atoms with Crippen molar-refractivity contribution >= 4 is 11.6 Å². The molecule has 0 radical (unpaired) electrons. The molecular formula is C18H19ClF2N2. The summed E-state index contributed by atoms with van der Waals surface area (Å²) in [6, 6.07) is 11.0. The minimum Gasteiger partial charge on any atom is -0.315 e. The first-order valence-corrected chi connectivity index (χ1v) is 8.18. The molecule has 0 spiro atoms. The fourth-order valence-electron chi connectivity index (χ4n) is 3.08. The Kier molecular flexibility index (Phi) is 5.26. The van der Waals surface area contributed by atoms with Crippen LogP contribution in [0.3, 0.4) is 0 Å². The SMILES string of the molecule is Fc1ccc(C(c2ccc(Cl)cc2)N2CCCNCC2)c(F)c1. The van der Waals surface area contributed by atoms with Crippen LogP contribution in [0.5, 0.6) is 0 Å². The Morgan fingerprint density at radius 3 is 2.52 bits per heavy atom. The zero-order valence-corrected chi connectivity index (χ0v) is 13.5. The summed E-state index contributed by atoms with van der Waals surface area (Å²) in [7, 11) is 0. The van der Waals surface area contributed by atoms with E-state index in [1.165, 1.54) is 6.07 Å². The third-order valence-electron chi connectivity index (χ3n) is 4.18. The molecule has 1 N–H and O–H groups in total. The molecule has 0 saturated carbocycles. The predicted molar refractivity (Wildman–Crippen MR) is 88.7 cm³/mol. The molecule has 2 aromatic carbocycles. The molecule has 1 saturated heterocycles. The number of nitrogens with one attached hydrogen (secondary N) is 1. The van der Waals surface area contributed by atoms with Crippen LogP contribution in [0, 0.1) is 11.6 Å². The monoisotopic (exact) mass is 336 g/mol. The van der Waals surface area contributed by atoms with E-state index >= 15 is 0 Å². The van der Waals surface area contributed by atoms with E-state index in [-0.39, 0.29) is 6.04 Å². The lowest BCUT2D eigenvalue weighted by Crippen LogP contribution is -2.33. The van der Waals surface area contributed by atoms with Gasteiger partial charge in [0.15, 0.2) is 0 Å². The third-order valence-corrected chi connectivity index (χ3v) is 4.43. The highest BCUT2D eigenvalue weighted by Gasteiger charge is 2.25. The fraction of sp³-hybridized carbons (Fsp3) is 0.333. The molecule has 3 rings (SSSR count). The van der Waals surface area contributed by atoms with Gasteiger partial charge >= 0.3 is 0 Å². The summed E-state index contributed by atoms with van der Waals surface area (Å²) in [6.45, 7) is 3.48. The molecule has 1 heterocycles. The Bertz CT molecular complexity index is 653. The van der Waals surface area contributed by atoms with Gasteiger partial charge in [0.2, 0.25) is 0 Å². The van der Waals surface area contributed by atoms with Crippen molar-refractivity contribution in [3.63, 3.8) is 0 Å². The van der Waals surface area contributed by atoms with E-state index in [1.807, 2.05) is 12.1 Å². The molecule has 0 aromatic heterocycles. The summed E-state index contributed by atoms with van der Waals surface area (Å²) in [5.41, 5.74) is 1.46. The highest BCUT2D eigenvalue weighted by Crippen LogP contribution is 2.32. The molecule has 2 aromatic rings. The number of rotatable bonds is 3. The fourth-order valence-corrected chi connectivity index (χ4v) is 3.21. The normalized spacial score (nSPS) is 17.7. The van der Waals surface area contributed by atoms with Gasteiger partial charge in [-0.3, -0.25) is 4.90 Å². The Morgan fingerprint density at radius 2 is 1.78 bits per heavy atom. The quantitative estimate of drug-likeness (QED) is 0.911. The van der Waals surface area contributed by atoms with Crippen LogP contribution in [0.15, 0.2) is 42.5 Å². The van der Waals surface area contributed by atoms with Crippen molar-refractivity contribution in [3.8, 4) is 0 Å². The Labute approximate surface area is 140 Å². The number of nitrogens with zero attached hydrogens (tertiary/aromatic N) is 1. The largest absolute Gasteiger partial charge is 0.315 e. The van der Waals surface area contributed by atoms with Crippen LogP contribution in [-0.2, 0) is 0 Å². The minimum absolute atomic E-state index is 0.243. The molecule has 0 aliphatic carbocycles. The van der Waals surface area contributed by atoms with Crippen LogP contribution in [0.25, 0.3) is 0 Å². The van der Waals surface area contributed by atoms with Crippen LogP contribution < -0.4 is 5.32 Å². The standard InChI is InChI=1S/C18H19ClF2N2/c19-14-4-2-13(3-5-14)18(23-10-1-8-22-9-11-23)16-7-6-15(20)12-17(16)21/h2-7,12,18,22H,1,8-11H2. The lowest BCUT2D eigenvalue weighted by molar-refractivity contribution is 0.236. The number of benzene rings is 2. The summed E-state index contributed by atoms with van der Waals surface area (Å²) >= 11 is 5.98. The Hall–Kier alpha value is -1.49. The second-order valence-corrected chi connectivity index (χ2v) is 6.20. The first-order chi connectivity index (χ1) is 11.1. The van der Waals surface area contributed by atoms with Crippen LogP contribution in [0.2, 0.25) is 5.02 Å². The highest BCUT2D eigenvalue weighted by molar-refractivity contribution is 6.30. The summed E-state index contributed by atoms with van der Waals surface area (Å²) < 4.78 is 27.7. The van der Waals surface area contributed by atoms with Gasteiger partial charge in [0.1, 0.15) is 11.6 Å². The lowest BCUT2D eigenvalue weighted by atomic mass is 9.96. The Morgan fingerprint density at radius 1 is 1.00 bits per heavy atom. The zero-order chi connectivity index (χ0) is 16.2. The molecule has 1 aliphatic heterocycles. The second kappa shape index (κ2) is 7.39. The molecule has 2 nitrogen and oxygen atoms in total. The van der Waals surface area contributed by atoms with Crippen molar-refractivity contribution in [2.75, 3.05) is 26.2 Å². The van der Waals surface area contributed by atoms with Crippen molar-refractivity contribution in [1.82, 2.24) is 10.2 Å². The highest BCUT2D eigenvalue weighted by atomic mass is 35.5. The summed E-state index contributed by atoms with van der Waals surface area (Å²) in [4.78, 5) is 2.24. The van der Waals surface area contributed by atoms with E-state index in [0.717, 1.165) is 44.2 Å². The van der Waals surface area contributed by atoms with Gasteiger partial charge in [0.25, 0.3) is 0 Å². The number of hydrogen-bond acceptors (Lipinski definition) is 2. The van der Waals surface area contributed by atoms with Crippen molar-refractivity contribution in [1.29, 1.82) is 0 Å². The average molecular weight is 337 g/mol. The van der Waals surface area contributed by atoms with Crippen LogP contribution in [0.1, 0.15) is 23.6 Å². The molecule has 5 heteroatoms. The van der Waals surface area contributed by atoms with Gasteiger partial charge in [-0.05, 0) is 36.7 Å². The van der Waals surface area contributed by atoms with Crippen LogP contribution in [0.4, 0.5) is 8.78 Å². The lowest BCUT2D eigenvalue weighted by Gasteiger charge is -2.31. The first kappa shape index (κ1) is 16.4. The molecule has 0 bridgehead atoms. The first-order valence-electron chi connectivity index (χ1n) is 7.80. The molecule has 0 amide bonds. The average Bonchev–Trinajstić information content (AvgIpc) is 2.81. The van der Waals surface area contributed by atoms with E-state index in [1.54, 1.807) is 18.2 Å². The third kappa shape index (κ3) is 3.89. The van der Waals surface area contributed by atoms with E-state index in [2.05, 4.69) is 10.2 Å². The van der Waals surface area contributed by atoms with Crippen LogP contribution >= 0.6 is 11.6 Å². The van der Waals surface area contributed by atoms with Gasteiger partial charge in [0, 0.05) is 36.3 Å². The van der Waals surface area contributed by atoms with Crippen molar-refractivity contribution in [2.45, 2.75) is 12.5 Å². The smallest absolute Gasteiger partial charge is 0.131 e. The van der Waals surface area contributed by atoms with Gasteiger partial charge in [0.05, 0.1) is 6.04 Å². The summed E-state index contributed by atoms with van der Waals surface area (Å²) in [5.74, 6) is -1.07. The molecular weight excluding hydrogens is 318 g/mol. The molecule has 1 unspecified atom stereocenters. The Balaban J connectivity index is 2.03. The van der Waals surface area contributed by atoms with Gasteiger partial charge in [-0.25, -0.2) is 8.78 Å². The van der Waals surface area contributed by atoms with Gasteiger partial charge < -0.3 is 5.32 Å². The second-order valence-electron chi connectivity index (χ2n) is 5.76. The molecule has 23 heavy (non-hydrogen) atoms. The van der Waals surface area contributed by atoms with Gasteiger partial charge in [-0.1, -0.05) is 29.8 Å². The van der Waals surface area contributed by atoms with Crippen molar-refractivity contribution in [2.24, 2.45) is 0 Å². The maximum absolute atomic E-state index is 14.4. The summed E-state index contributed by atoms with van der Waals surface area (Å²) in [5, 5.41) is 3.99. The number of halogens is 3. The minimum atomic E-state index is -0.557. The molecule has 1 atom stereocenters. The van der Waals surface area contributed by atoms with Gasteiger partial charge in [-0.2, -0.15) is 0 Å². The molecule has 1 fully saturated rings. The topological polar surface area (TPSA) is 15.3 Å². The van der Waals surface area contributed by atoms with Crippen LogP contribution in [-0.4, -0.2) is 31.1 Å². The molecule has 1 aliphatic rings. The summed E-state index contributed by atoms with van der Waals surface area (Å²) in [6.07, 6.45) is 0.993. The maximum atomic E-state index is 14.4. The van der Waals surface area contributed by atoms with E-state index in [9.17, 15) is 8.78 Å². The zero-order valence-electron chi connectivity index (χ0n) is 12.7. The van der Waals surface area contributed by atoms with Crippen molar-refractivity contribution in [3.05, 3.63) is 70.2 Å². The van der Waals surface area contributed by atoms with E-state index in [0.29, 0.717) is 10.6 Å². The van der Waals surface area contributed by atoms with Crippen molar-refractivity contribution < 1.29 is 8.78 Å². The molecule has 122 valence electrons. The van der Waals surface area contributed by atoms with Gasteiger partial charge in [-0.15, -0.1) is 0 Å². The predicted octanol–water partition coefficient (Wildman–Crippen LogP) is 4.00. The van der Waals surface area contributed by atoms with E-state index < -0.39 is 11.6 Å². The van der Waals surface area contributed by atoms with E-state index in [4.69, 9.17) is 11.6 Å².